The lowest BCUT2D eigenvalue weighted by Crippen LogP contribution is -2.55. The standard InChI is InChI=1S/C19H18N4O5/c1-27-12-8-6-11(7-9-12)23-17(25)19(21-18(23)26)10-15(16(24)22-20)28-14-5-3-2-4-13(14)19/h2-9,15H,10,20H2,1H3,(H,21,26)(H,22,24). The topological polar surface area (TPSA) is 123 Å². The molecule has 0 radical (unpaired) electrons. The number of carbonyl (C=O) groups excluding carboxylic acids is 3. The molecule has 2 aromatic rings. The Morgan fingerprint density at radius 2 is 1.96 bits per heavy atom. The average Bonchev–Trinajstić information content (AvgIpc) is 2.97. The van der Waals surface area contributed by atoms with E-state index < -0.39 is 29.5 Å². The van der Waals surface area contributed by atoms with E-state index in [1.165, 1.54) is 7.11 Å². The Bertz CT molecular complexity index is 961. The number of hydrazine groups is 1. The summed E-state index contributed by atoms with van der Waals surface area (Å²) in [7, 11) is 1.53. The minimum atomic E-state index is -1.43. The van der Waals surface area contributed by atoms with Crippen LogP contribution in [0.1, 0.15) is 12.0 Å². The number of urea groups is 1. The molecule has 0 aromatic heterocycles. The van der Waals surface area contributed by atoms with E-state index in [4.69, 9.17) is 15.3 Å². The van der Waals surface area contributed by atoms with Gasteiger partial charge in [0.2, 0.25) is 0 Å². The van der Waals surface area contributed by atoms with Gasteiger partial charge in [0, 0.05) is 12.0 Å². The zero-order valence-electron chi connectivity index (χ0n) is 15.0. The van der Waals surface area contributed by atoms with Gasteiger partial charge in [-0.05, 0) is 30.3 Å². The van der Waals surface area contributed by atoms with Gasteiger partial charge in [-0.25, -0.2) is 15.5 Å². The van der Waals surface area contributed by atoms with Crippen LogP contribution in [0.3, 0.4) is 0 Å². The maximum Gasteiger partial charge on any atom is 0.329 e. The number of para-hydroxylation sites is 1. The van der Waals surface area contributed by atoms with Crippen LogP contribution in [-0.2, 0) is 15.1 Å². The van der Waals surface area contributed by atoms with Crippen LogP contribution in [0.5, 0.6) is 11.5 Å². The molecule has 9 nitrogen and oxygen atoms in total. The molecule has 2 atom stereocenters. The molecule has 2 aliphatic heterocycles. The minimum absolute atomic E-state index is 0.0791. The highest BCUT2D eigenvalue weighted by Gasteiger charge is 2.58. The molecule has 0 bridgehead atoms. The zero-order chi connectivity index (χ0) is 19.9. The van der Waals surface area contributed by atoms with Crippen molar-refractivity contribution in [1.29, 1.82) is 0 Å². The first-order valence-electron chi connectivity index (χ1n) is 8.57. The third-order valence-electron chi connectivity index (χ3n) is 4.96. The molecule has 1 saturated heterocycles. The summed E-state index contributed by atoms with van der Waals surface area (Å²) in [6, 6.07) is 12.8. The van der Waals surface area contributed by atoms with E-state index in [0.29, 0.717) is 22.7 Å². The Balaban J connectivity index is 1.78. The van der Waals surface area contributed by atoms with E-state index in [-0.39, 0.29) is 6.42 Å². The van der Waals surface area contributed by atoms with Crippen molar-refractivity contribution in [1.82, 2.24) is 10.7 Å². The Hall–Kier alpha value is -3.59. The highest BCUT2D eigenvalue weighted by atomic mass is 16.5. The predicted octanol–water partition coefficient (Wildman–Crippen LogP) is 0.788. The number of anilines is 1. The molecule has 28 heavy (non-hydrogen) atoms. The number of fused-ring (bicyclic) bond motifs is 2. The lowest BCUT2D eigenvalue weighted by molar-refractivity contribution is -0.132. The molecule has 4 rings (SSSR count). The van der Waals surface area contributed by atoms with E-state index in [9.17, 15) is 14.4 Å². The number of imide groups is 1. The van der Waals surface area contributed by atoms with Crippen molar-refractivity contribution < 1.29 is 23.9 Å². The van der Waals surface area contributed by atoms with Crippen LogP contribution in [0.15, 0.2) is 48.5 Å². The Kier molecular flexibility index (Phi) is 4.16. The maximum absolute atomic E-state index is 13.5. The summed E-state index contributed by atoms with van der Waals surface area (Å²) < 4.78 is 10.8. The molecular formula is C19H18N4O5. The van der Waals surface area contributed by atoms with E-state index in [1.54, 1.807) is 48.5 Å². The predicted molar refractivity (Wildman–Crippen MR) is 98.5 cm³/mol. The normalized spacial score (nSPS) is 23.1. The number of methoxy groups -OCH3 is 1. The molecule has 2 aromatic carbocycles. The first kappa shape index (κ1) is 17.8. The van der Waals surface area contributed by atoms with Gasteiger partial charge < -0.3 is 14.8 Å². The summed E-state index contributed by atoms with van der Waals surface area (Å²) in [5.41, 5.74) is 1.49. The summed E-state index contributed by atoms with van der Waals surface area (Å²) in [6.45, 7) is 0. The molecule has 1 spiro atoms. The van der Waals surface area contributed by atoms with Crippen molar-refractivity contribution in [2.75, 3.05) is 12.0 Å². The van der Waals surface area contributed by atoms with Crippen molar-refractivity contribution in [3.63, 3.8) is 0 Å². The Labute approximate surface area is 160 Å². The number of nitrogens with two attached hydrogens (primary N) is 1. The van der Waals surface area contributed by atoms with Crippen LogP contribution in [-0.4, -0.2) is 31.1 Å². The van der Waals surface area contributed by atoms with E-state index in [1.807, 2.05) is 5.43 Å². The first-order valence-corrected chi connectivity index (χ1v) is 8.57. The van der Waals surface area contributed by atoms with Crippen LogP contribution in [0, 0.1) is 0 Å². The van der Waals surface area contributed by atoms with Crippen LogP contribution in [0.4, 0.5) is 10.5 Å². The Morgan fingerprint density at radius 1 is 1.25 bits per heavy atom. The van der Waals surface area contributed by atoms with Crippen LogP contribution in [0.2, 0.25) is 0 Å². The second-order valence-corrected chi connectivity index (χ2v) is 6.49. The fourth-order valence-corrected chi connectivity index (χ4v) is 3.61. The van der Waals surface area contributed by atoms with Gasteiger partial charge in [-0.1, -0.05) is 18.2 Å². The monoisotopic (exact) mass is 382 g/mol. The van der Waals surface area contributed by atoms with E-state index >= 15 is 0 Å². The third kappa shape index (κ3) is 2.55. The van der Waals surface area contributed by atoms with Gasteiger partial charge in [0.1, 0.15) is 11.5 Å². The molecule has 4 amide bonds. The Morgan fingerprint density at radius 3 is 2.64 bits per heavy atom. The van der Waals surface area contributed by atoms with Crippen molar-refractivity contribution in [3.05, 3.63) is 54.1 Å². The highest BCUT2D eigenvalue weighted by Crippen LogP contribution is 2.44. The van der Waals surface area contributed by atoms with Gasteiger partial charge in [0.05, 0.1) is 12.8 Å². The molecule has 0 aliphatic carbocycles. The number of carbonyl (C=O) groups is 3. The zero-order valence-corrected chi connectivity index (χ0v) is 15.0. The fourth-order valence-electron chi connectivity index (χ4n) is 3.61. The number of rotatable bonds is 3. The van der Waals surface area contributed by atoms with Crippen LogP contribution < -0.4 is 31.0 Å². The summed E-state index contributed by atoms with van der Waals surface area (Å²) in [4.78, 5) is 39.4. The van der Waals surface area contributed by atoms with Crippen molar-refractivity contribution in [3.8, 4) is 11.5 Å². The van der Waals surface area contributed by atoms with Crippen LogP contribution in [0.25, 0.3) is 0 Å². The first-order chi connectivity index (χ1) is 13.5. The van der Waals surface area contributed by atoms with Gasteiger partial charge in [-0.15, -0.1) is 0 Å². The number of hydrogen-bond donors (Lipinski definition) is 3. The minimum Gasteiger partial charge on any atom is -0.497 e. The second kappa shape index (κ2) is 6.54. The molecule has 9 heteroatoms. The molecule has 144 valence electrons. The number of hydrogen-bond acceptors (Lipinski definition) is 6. The van der Waals surface area contributed by atoms with Crippen LogP contribution >= 0.6 is 0 Å². The van der Waals surface area contributed by atoms with Gasteiger partial charge in [-0.3, -0.25) is 15.0 Å². The maximum atomic E-state index is 13.5. The lowest BCUT2D eigenvalue weighted by Gasteiger charge is -2.36. The molecule has 2 unspecified atom stereocenters. The molecule has 1 fully saturated rings. The average molecular weight is 382 g/mol. The second-order valence-electron chi connectivity index (χ2n) is 6.49. The van der Waals surface area contributed by atoms with Gasteiger partial charge >= 0.3 is 6.03 Å². The molecule has 0 saturated carbocycles. The highest BCUT2D eigenvalue weighted by molar-refractivity contribution is 6.23. The SMILES string of the molecule is COc1ccc(N2C(=O)NC3(CC(C(=O)NN)Oc4ccccc43)C2=O)cc1. The number of ether oxygens (including phenoxy) is 2. The molecule has 4 N–H and O–H groups in total. The van der Waals surface area contributed by atoms with Crippen molar-refractivity contribution >= 4 is 23.5 Å². The van der Waals surface area contributed by atoms with Gasteiger partial charge in [0.25, 0.3) is 11.8 Å². The fraction of sp³-hybridized carbons (Fsp3) is 0.211. The molecule has 2 heterocycles. The molecular weight excluding hydrogens is 364 g/mol. The number of nitrogens with zero attached hydrogens (tertiary/aromatic N) is 1. The molecule has 2 aliphatic rings. The number of amides is 4. The third-order valence-corrected chi connectivity index (χ3v) is 4.96. The number of nitrogens with one attached hydrogen (secondary N) is 2. The quantitative estimate of drug-likeness (QED) is 0.312. The smallest absolute Gasteiger partial charge is 0.329 e. The van der Waals surface area contributed by atoms with E-state index in [2.05, 4.69) is 5.32 Å². The van der Waals surface area contributed by atoms with E-state index in [0.717, 1.165) is 4.90 Å². The largest absolute Gasteiger partial charge is 0.497 e. The summed E-state index contributed by atoms with van der Waals surface area (Å²) in [5.74, 6) is 5.11. The summed E-state index contributed by atoms with van der Waals surface area (Å²) in [6.07, 6.45) is -1.11. The van der Waals surface area contributed by atoms with Gasteiger partial charge in [-0.2, -0.15) is 0 Å². The number of benzene rings is 2. The van der Waals surface area contributed by atoms with Gasteiger partial charge in [0.15, 0.2) is 11.6 Å². The summed E-state index contributed by atoms with van der Waals surface area (Å²) >= 11 is 0. The lowest BCUT2D eigenvalue weighted by atomic mass is 9.81. The van der Waals surface area contributed by atoms with Crippen molar-refractivity contribution in [2.45, 2.75) is 18.1 Å². The van der Waals surface area contributed by atoms with Crippen molar-refractivity contribution in [2.24, 2.45) is 5.84 Å². The summed E-state index contributed by atoms with van der Waals surface area (Å²) in [5, 5.41) is 2.77.